The predicted molar refractivity (Wildman–Crippen MR) is 79.5 cm³/mol. The quantitative estimate of drug-likeness (QED) is 0.804. The molecule has 0 aliphatic carbocycles. The molecule has 0 spiro atoms. The molecule has 5 heteroatoms. The molecule has 4 nitrogen and oxygen atoms in total. The molecule has 0 aromatic heterocycles. The molecule has 0 saturated heterocycles. The zero-order chi connectivity index (χ0) is 14.5. The molecule has 1 atom stereocenters. The number of nitrogens with one attached hydrogen (secondary N) is 1. The summed E-state index contributed by atoms with van der Waals surface area (Å²) in [7, 11) is 0. The van der Waals surface area contributed by atoms with Crippen molar-refractivity contribution in [2.45, 2.75) is 6.10 Å². The lowest BCUT2D eigenvalue weighted by molar-refractivity contribution is 0.0916. The highest BCUT2D eigenvalue weighted by molar-refractivity contribution is 9.10. The summed E-state index contributed by atoms with van der Waals surface area (Å²) in [6.45, 7) is 0.111. The van der Waals surface area contributed by atoms with E-state index in [1.54, 1.807) is 24.3 Å². The van der Waals surface area contributed by atoms with E-state index in [1.807, 2.05) is 18.2 Å². The summed E-state index contributed by atoms with van der Waals surface area (Å²) < 4.78 is 0.526. The molecule has 0 aliphatic heterocycles. The van der Waals surface area contributed by atoms with Gasteiger partial charge in [-0.15, -0.1) is 0 Å². The van der Waals surface area contributed by atoms with Crippen molar-refractivity contribution in [2.24, 2.45) is 0 Å². The minimum Gasteiger partial charge on any atom is -0.507 e. The SMILES string of the molecule is O=C(NCC(O)c1ccccc1)c1ccc(Br)c(O)c1. The van der Waals surface area contributed by atoms with Crippen LogP contribution >= 0.6 is 15.9 Å². The van der Waals surface area contributed by atoms with Gasteiger partial charge in [0.05, 0.1) is 10.6 Å². The number of rotatable bonds is 4. The van der Waals surface area contributed by atoms with Crippen molar-refractivity contribution in [3.8, 4) is 5.75 Å². The van der Waals surface area contributed by atoms with Crippen LogP contribution in [0, 0.1) is 0 Å². The van der Waals surface area contributed by atoms with E-state index in [9.17, 15) is 15.0 Å². The standard InChI is InChI=1S/C15H14BrNO3/c16-12-7-6-11(8-13(12)18)15(20)17-9-14(19)10-4-2-1-3-5-10/h1-8,14,18-19H,9H2,(H,17,20). The van der Waals surface area contributed by atoms with Gasteiger partial charge < -0.3 is 15.5 Å². The van der Waals surface area contributed by atoms with E-state index in [1.165, 1.54) is 6.07 Å². The van der Waals surface area contributed by atoms with Gasteiger partial charge in [0.25, 0.3) is 5.91 Å². The second-order valence-electron chi connectivity index (χ2n) is 4.30. The number of aliphatic hydroxyl groups excluding tert-OH is 1. The number of hydrogen-bond donors (Lipinski definition) is 3. The Morgan fingerprint density at radius 1 is 1.20 bits per heavy atom. The van der Waals surface area contributed by atoms with E-state index in [0.29, 0.717) is 10.0 Å². The summed E-state index contributed by atoms with van der Waals surface area (Å²) in [5.74, 6) is -0.343. The van der Waals surface area contributed by atoms with Crippen LogP contribution in [-0.4, -0.2) is 22.7 Å². The number of benzene rings is 2. The van der Waals surface area contributed by atoms with Gasteiger partial charge in [0.15, 0.2) is 0 Å². The molecule has 1 unspecified atom stereocenters. The summed E-state index contributed by atoms with van der Waals surface area (Å²) in [6, 6.07) is 13.7. The van der Waals surface area contributed by atoms with Gasteiger partial charge in [0.1, 0.15) is 5.75 Å². The van der Waals surface area contributed by atoms with Crippen LogP contribution in [0.3, 0.4) is 0 Å². The molecule has 3 N–H and O–H groups in total. The summed E-state index contributed by atoms with van der Waals surface area (Å²) in [4.78, 5) is 11.9. The van der Waals surface area contributed by atoms with Crippen LogP contribution in [0.25, 0.3) is 0 Å². The smallest absolute Gasteiger partial charge is 0.251 e. The molecule has 0 saturated carbocycles. The highest BCUT2D eigenvalue weighted by Crippen LogP contribution is 2.24. The number of phenolic OH excluding ortho intramolecular Hbond substituents is 1. The lowest BCUT2D eigenvalue weighted by atomic mass is 10.1. The molecule has 2 aromatic carbocycles. The number of aliphatic hydroxyl groups is 1. The Morgan fingerprint density at radius 2 is 1.90 bits per heavy atom. The first kappa shape index (κ1) is 14.6. The summed E-state index contributed by atoms with van der Waals surface area (Å²) in [6.07, 6.45) is -0.760. The van der Waals surface area contributed by atoms with Crippen LogP contribution in [0.4, 0.5) is 0 Å². The van der Waals surface area contributed by atoms with E-state index in [-0.39, 0.29) is 18.2 Å². The summed E-state index contributed by atoms with van der Waals surface area (Å²) in [5.41, 5.74) is 1.08. The lowest BCUT2D eigenvalue weighted by Gasteiger charge is -2.12. The fraction of sp³-hybridized carbons (Fsp3) is 0.133. The van der Waals surface area contributed by atoms with E-state index in [2.05, 4.69) is 21.2 Å². The third-order valence-electron chi connectivity index (χ3n) is 2.85. The highest BCUT2D eigenvalue weighted by Gasteiger charge is 2.11. The first-order valence-electron chi connectivity index (χ1n) is 6.07. The minimum absolute atomic E-state index is 0.00116. The molecule has 0 bridgehead atoms. The second kappa shape index (κ2) is 6.54. The molecule has 104 valence electrons. The molecular weight excluding hydrogens is 322 g/mol. The van der Waals surface area contributed by atoms with Crippen LogP contribution < -0.4 is 5.32 Å². The second-order valence-corrected chi connectivity index (χ2v) is 5.16. The number of phenols is 1. The number of aromatic hydroxyl groups is 1. The fourth-order valence-corrected chi connectivity index (χ4v) is 1.99. The first-order chi connectivity index (χ1) is 9.58. The van der Waals surface area contributed by atoms with Crippen molar-refractivity contribution < 1.29 is 15.0 Å². The number of halogens is 1. The minimum atomic E-state index is -0.760. The average molecular weight is 336 g/mol. The largest absolute Gasteiger partial charge is 0.507 e. The molecule has 0 heterocycles. The Bertz CT molecular complexity index is 601. The average Bonchev–Trinajstić information content (AvgIpc) is 2.48. The van der Waals surface area contributed by atoms with Gasteiger partial charge in [0, 0.05) is 12.1 Å². The van der Waals surface area contributed by atoms with E-state index < -0.39 is 6.10 Å². The Labute approximate surface area is 125 Å². The third kappa shape index (κ3) is 3.59. The van der Waals surface area contributed by atoms with Crippen LogP contribution in [0.2, 0.25) is 0 Å². The molecule has 2 rings (SSSR count). The van der Waals surface area contributed by atoms with Crippen LogP contribution in [0.15, 0.2) is 53.0 Å². The van der Waals surface area contributed by atoms with Crippen molar-refractivity contribution in [1.82, 2.24) is 5.32 Å². The molecule has 1 amide bonds. The zero-order valence-corrected chi connectivity index (χ0v) is 12.2. The number of carbonyl (C=O) groups excluding carboxylic acids is 1. The topological polar surface area (TPSA) is 69.6 Å². The highest BCUT2D eigenvalue weighted by atomic mass is 79.9. The third-order valence-corrected chi connectivity index (χ3v) is 3.52. The van der Waals surface area contributed by atoms with Crippen molar-refractivity contribution in [2.75, 3.05) is 6.54 Å². The number of hydrogen-bond acceptors (Lipinski definition) is 3. The monoisotopic (exact) mass is 335 g/mol. The fourth-order valence-electron chi connectivity index (χ4n) is 1.74. The van der Waals surface area contributed by atoms with Gasteiger partial charge in [-0.05, 0) is 39.7 Å². The van der Waals surface area contributed by atoms with Crippen LogP contribution in [-0.2, 0) is 0 Å². The molecular formula is C15H14BrNO3. The maximum atomic E-state index is 11.9. The van der Waals surface area contributed by atoms with Crippen LogP contribution in [0.1, 0.15) is 22.0 Å². The maximum absolute atomic E-state index is 11.9. The van der Waals surface area contributed by atoms with Gasteiger partial charge in [-0.2, -0.15) is 0 Å². The maximum Gasteiger partial charge on any atom is 0.251 e. The Hall–Kier alpha value is -1.85. The van der Waals surface area contributed by atoms with Crippen LogP contribution in [0.5, 0.6) is 5.75 Å². The van der Waals surface area contributed by atoms with Gasteiger partial charge in [-0.25, -0.2) is 0 Å². The predicted octanol–water partition coefficient (Wildman–Crippen LogP) is 2.62. The number of amides is 1. The van der Waals surface area contributed by atoms with Crippen molar-refractivity contribution in [1.29, 1.82) is 0 Å². The summed E-state index contributed by atoms with van der Waals surface area (Å²) in [5, 5.41) is 22.1. The van der Waals surface area contributed by atoms with Crippen molar-refractivity contribution in [3.63, 3.8) is 0 Å². The molecule has 0 aliphatic rings. The zero-order valence-electron chi connectivity index (χ0n) is 10.6. The molecule has 0 radical (unpaired) electrons. The first-order valence-corrected chi connectivity index (χ1v) is 6.87. The van der Waals surface area contributed by atoms with Gasteiger partial charge in [-0.1, -0.05) is 30.3 Å². The van der Waals surface area contributed by atoms with Gasteiger partial charge >= 0.3 is 0 Å². The van der Waals surface area contributed by atoms with E-state index >= 15 is 0 Å². The summed E-state index contributed by atoms with van der Waals surface area (Å²) >= 11 is 3.15. The Kier molecular flexibility index (Phi) is 4.76. The Morgan fingerprint density at radius 3 is 2.55 bits per heavy atom. The van der Waals surface area contributed by atoms with Gasteiger partial charge in [-0.3, -0.25) is 4.79 Å². The van der Waals surface area contributed by atoms with E-state index in [4.69, 9.17) is 0 Å². The number of carbonyl (C=O) groups is 1. The molecule has 0 fully saturated rings. The van der Waals surface area contributed by atoms with Gasteiger partial charge in [0.2, 0.25) is 0 Å². The lowest BCUT2D eigenvalue weighted by Crippen LogP contribution is -2.28. The Balaban J connectivity index is 1.97. The van der Waals surface area contributed by atoms with E-state index in [0.717, 1.165) is 5.56 Å². The van der Waals surface area contributed by atoms with Crippen molar-refractivity contribution in [3.05, 3.63) is 64.1 Å². The molecule has 2 aromatic rings. The van der Waals surface area contributed by atoms with Crippen molar-refractivity contribution >= 4 is 21.8 Å². The molecule has 20 heavy (non-hydrogen) atoms. The normalized spacial score (nSPS) is 11.9.